The van der Waals surface area contributed by atoms with E-state index in [0.717, 1.165) is 35.5 Å². The van der Waals surface area contributed by atoms with Gasteiger partial charge in [0.05, 0.1) is 5.69 Å². The molecule has 1 aliphatic carbocycles. The van der Waals surface area contributed by atoms with Gasteiger partial charge in [0.1, 0.15) is 6.33 Å². The van der Waals surface area contributed by atoms with Gasteiger partial charge in [-0.25, -0.2) is 4.68 Å². The predicted molar refractivity (Wildman–Crippen MR) is 97.2 cm³/mol. The lowest BCUT2D eigenvalue weighted by atomic mass is 10.2. The number of benzene rings is 2. The Morgan fingerprint density at radius 3 is 2.64 bits per heavy atom. The highest BCUT2D eigenvalue weighted by Gasteiger charge is 2.29. The first-order chi connectivity index (χ1) is 12.2. The third-order valence-electron chi connectivity index (χ3n) is 4.06. The molecule has 0 unspecified atom stereocenters. The SMILES string of the molecule is Cc1cc(NC(=O)C2CC2)cc(Nc2ncn(-c3ccccc3)n2)c1. The van der Waals surface area contributed by atoms with Crippen molar-refractivity contribution in [3.05, 3.63) is 60.4 Å². The molecule has 1 amide bonds. The second-order valence-electron chi connectivity index (χ2n) is 6.32. The molecule has 4 rings (SSSR count). The molecule has 0 aliphatic heterocycles. The fourth-order valence-corrected chi connectivity index (χ4v) is 2.67. The van der Waals surface area contributed by atoms with Crippen LogP contribution in [0.1, 0.15) is 18.4 Å². The van der Waals surface area contributed by atoms with Gasteiger partial charge in [0.25, 0.3) is 0 Å². The van der Waals surface area contributed by atoms with Crippen LogP contribution in [0.25, 0.3) is 5.69 Å². The standard InChI is InChI=1S/C19H19N5O/c1-13-9-15(21-18(25)14-7-8-14)11-16(10-13)22-19-20-12-24(23-19)17-5-3-2-4-6-17/h2-6,9-12,14H,7-8H2,1H3,(H,21,25)(H,22,23). The van der Waals surface area contributed by atoms with E-state index in [0.29, 0.717) is 5.95 Å². The number of hydrogen-bond acceptors (Lipinski definition) is 4. The zero-order valence-corrected chi connectivity index (χ0v) is 13.9. The first-order valence-electron chi connectivity index (χ1n) is 8.34. The van der Waals surface area contributed by atoms with Gasteiger partial charge in [0.2, 0.25) is 11.9 Å². The second kappa shape index (κ2) is 6.39. The van der Waals surface area contributed by atoms with Gasteiger partial charge in [-0.2, -0.15) is 4.98 Å². The summed E-state index contributed by atoms with van der Waals surface area (Å²) in [5, 5.41) is 10.6. The van der Waals surface area contributed by atoms with Crippen LogP contribution in [-0.2, 0) is 4.79 Å². The molecule has 0 saturated heterocycles. The summed E-state index contributed by atoms with van der Waals surface area (Å²) in [5.41, 5.74) is 3.64. The molecule has 0 atom stereocenters. The van der Waals surface area contributed by atoms with E-state index >= 15 is 0 Å². The van der Waals surface area contributed by atoms with Crippen molar-refractivity contribution in [1.29, 1.82) is 0 Å². The highest BCUT2D eigenvalue weighted by molar-refractivity contribution is 5.94. The minimum Gasteiger partial charge on any atom is -0.326 e. The second-order valence-corrected chi connectivity index (χ2v) is 6.32. The number of nitrogens with one attached hydrogen (secondary N) is 2. The first kappa shape index (κ1) is 15.4. The fraction of sp³-hybridized carbons (Fsp3) is 0.211. The molecule has 0 radical (unpaired) electrons. The minimum atomic E-state index is 0.100. The van der Waals surface area contributed by atoms with Gasteiger partial charge in [0.15, 0.2) is 0 Å². The number of aryl methyl sites for hydroxylation is 1. The molecule has 25 heavy (non-hydrogen) atoms. The topological polar surface area (TPSA) is 71.8 Å². The zero-order valence-electron chi connectivity index (χ0n) is 13.9. The first-order valence-corrected chi connectivity index (χ1v) is 8.34. The van der Waals surface area contributed by atoms with Crippen LogP contribution in [0.3, 0.4) is 0 Å². The summed E-state index contributed by atoms with van der Waals surface area (Å²) in [4.78, 5) is 16.3. The minimum absolute atomic E-state index is 0.100. The predicted octanol–water partition coefficient (Wildman–Crippen LogP) is 3.67. The number of carbonyl (C=O) groups excluding carboxylic acids is 1. The average molecular weight is 333 g/mol. The van der Waals surface area contributed by atoms with Crippen LogP contribution in [0.2, 0.25) is 0 Å². The molecule has 6 heteroatoms. The van der Waals surface area contributed by atoms with Crippen LogP contribution in [0, 0.1) is 12.8 Å². The Bertz CT molecular complexity index is 899. The molecule has 3 aromatic rings. The Kier molecular flexibility index (Phi) is 3.93. The number of anilines is 3. The maximum atomic E-state index is 12.0. The van der Waals surface area contributed by atoms with Gasteiger partial charge in [0, 0.05) is 17.3 Å². The fourth-order valence-electron chi connectivity index (χ4n) is 2.67. The van der Waals surface area contributed by atoms with Crippen molar-refractivity contribution in [3.8, 4) is 5.69 Å². The molecular weight excluding hydrogens is 314 g/mol. The molecule has 0 spiro atoms. The van der Waals surface area contributed by atoms with E-state index in [1.54, 1.807) is 11.0 Å². The lowest BCUT2D eigenvalue weighted by Crippen LogP contribution is -2.13. The quantitative estimate of drug-likeness (QED) is 0.747. The summed E-state index contributed by atoms with van der Waals surface area (Å²) < 4.78 is 1.72. The number of para-hydroxylation sites is 1. The van der Waals surface area contributed by atoms with Crippen LogP contribution in [0.4, 0.5) is 17.3 Å². The summed E-state index contributed by atoms with van der Waals surface area (Å²) in [6.45, 7) is 1.99. The highest BCUT2D eigenvalue weighted by Crippen LogP contribution is 2.31. The molecule has 2 aromatic carbocycles. The monoisotopic (exact) mass is 333 g/mol. The van der Waals surface area contributed by atoms with E-state index in [2.05, 4.69) is 20.7 Å². The molecule has 1 fully saturated rings. The van der Waals surface area contributed by atoms with E-state index < -0.39 is 0 Å². The van der Waals surface area contributed by atoms with Crippen LogP contribution >= 0.6 is 0 Å². The Balaban J connectivity index is 1.51. The zero-order chi connectivity index (χ0) is 17.2. The molecule has 6 nitrogen and oxygen atoms in total. The van der Waals surface area contributed by atoms with Crippen molar-refractivity contribution in [2.75, 3.05) is 10.6 Å². The van der Waals surface area contributed by atoms with Crippen molar-refractivity contribution < 1.29 is 4.79 Å². The average Bonchev–Trinajstić information content (AvgIpc) is 3.35. The molecule has 2 N–H and O–H groups in total. The molecular formula is C19H19N5O. The lowest BCUT2D eigenvalue weighted by Gasteiger charge is -2.09. The van der Waals surface area contributed by atoms with Crippen molar-refractivity contribution >= 4 is 23.2 Å². The largest absolute Gasteiger partial charge is 0.326 e. The van der Waals surface area contributed by atoms with Crippen molar-refractivity contribution in [2.24, 2.45) is 5.92 Å². The van der Waals surface area contributed by atoms with Crippen LogP contribution in [0.15, 0.2) is 54.9 Å². The van der Waals surface area contributed by atoms with Crippen LogP contribution in [0.5, 0.6) is 0 Å². The van der Waals surface area contributed by atoms with E-state index in [1.807, 2.05) is 55.5 Å². The van der Waals surface area contributed by atoms with Gasteiger partial charge in [-0.15, -0.1) is 5.10 Å². The summed E-state index contributed by atoms with van der Waals surface area (Å²) in [6, 6.07) is 15.7. The number of aromatic nitrogens is 3. The van der Waals surface area contributed by atoms with Crippen molar-refractivity contribution in [2.45, 2.75) is 19.8 Å². The highest BCUT2D eigenvalue weighted by atomic mass is 16.2. The van der Waals surface area contributed by atoms with E-state index in [4.69, 9.17) is 0 Å². The number of nitrogens with zero attached hydrogens (tertiary/aromatic N) is 3. The molecule has 0 bridgehead atoms. The van der Waals surface area contributed by atoms with Gasteiger partial charge >= 0.3 is 0 Å². The number of carbonyl (C=O) groups is 1. The molecule has 1 aromatic heterocycles. The Labute approximate surface area is 145 Å². The normalized spacial score (nSPS) is 13.5. The summed E-state index contributed by atoms with van der Waals surface area (Å²) in [6.07, 6.45) is 3.65. The van der Waals surface area contributed by atoms with Gasteiger partial charge < -0.3 is 10.6 Å². The maximum absolute atomic E-state index is 12.0. The third kappa shape index (κ3) is 3.68. The third-order valence-corrected chi connectivity index (χ3v) is 4.06. The summed E-state index contributed by atoms with van der Waals surface area (Å²) in [5.74, 6) is 0.789. The van der Waals surface area contributed by atoms with E-state index in [9.17, 15) is 4.79 Å². The van der Waals surface area contributed by atoms with Crippen molar-refractivity contribution in [3.63, 3.8) is 0 Å². The Morgan fingerprint density at radius 2 is 1.88 bits per heavy atom. The van der Waals surface area contributed by atoms with Gasteiger partial charge in [-0.05, 0) is 55.7 Å². The van der Waals surface area contributed by atoms with Gasteiger partial charge in [-0.3, -0.25) is 4.79 Å². The van der Waals surface area contributed by atoms with Crippen molar-refractivity contribution in [1.82, 2.24) is 14.8 Å². The molecule has 1 saturated carbocycles. The van der Waals surface area contributed by atoms with Crippen LogP contribution < -0.4 is 10.6 Å². The van der Waals surface area contributed by atoms with E-state index in [-0.39, 0.29) is 11.8 Å². The maximum Gasteiger partial charge on any atom is 0.246 e. The van der Waals surface area contributed by atoms with E-state index in [1.165, 1.54) is 0 Å². The molecule has 1 aliphatic rings. The van der Waals surface area contributed by atoms with Crippen LogP contribution in [-0.4, -0.2) is 20.7 Å². The number of rotatable bonds is 5. The number of amides is 1. The lowest BCUT2D eigenvalue weighted by molar-refractivity contribution is -0.117. The Morgan fingerprint density at radius 1 is 1.12 bits per heavy atom. The smallest absolute Gasteiger partial charge is 0.246 e. The molecule has 126 valence electrons. The molecule has 1 heterocycles. The summed E-state index contributed by atoms with van der Waals surface area (Å²) in [7, 11) is 0. The summed E-state index contributed by atoms with van der Waals surface area (Å²) >= 11 is 0. The Hall–Kier alpha value is -3.15. The van der Waals surface area contributed by atoms with Gasteiger partial charge in [-0.1, -0.05) is 18.2 Å². The number of hydrogen-bond donors (Lipinski definition) is 2.